The molecule has 19 heavy (non-hydrogen) atoms. The molecule has 1 unspecified atom stereocenters. The van der Waals surface area contributed by atoms with E-state index in [0.717, 1.165) is 24.2 Å². The van der Waals surface area contributed by atoms with E-state index in [2.05, 4.69) is 13.5 Å². The molecule has 0 saturated heterocycles. The van der Waals surface area contributed by atoms with Crippen LogP contribution >= 0.6 is 0 Å². The van der Waals surface area contributed by atoms with Gasteiger partial charge in [-0.2, -0.15) is 0 Å². The van der Waals surface area contributed by atoms with Crippen molar-refractivity contribution in [2.75, 3.05) is 7.11 Å². The average Bonchev–Trinajstić information content (AvgIpc) is 2.46. The average molecular weight is 264 g/mol. The van der Waals surface area contributed by atoms with Crippen molar-refractivity contribution >= 4 is 5.57 Å². The van der Waals surface area contributed by atoms with Gasteiger partial charge in [0, 0.05) is 0 Å². The highest BCUT2D eigenvalue weighted by molar-refractivity contribution is 5.67. The summed E-state index contributed by atoms with van der Waals surface area (Å²) in [6.07, 6.45) is 5.37. The molecule has 0 spiro atoms. The molecule has 2 heteroatoms. The molecular formula is C17H25FO. The van der Waals surface area contributed by atoms with Crippen molar-refractivity contribution in [1.82, 2.24) is 0 Å². The third kappa shape index (κ3) is 5.46. The molecule has 0 amide bonds. The fraction of sp³-hybridized carbons (Fsp3) is 0.529. The number of unbranched alkanes of at least 4 members (excludes halogenated alkanes) is 4. The van der Waals surface area contributed by atoms with Crippen LogP contribution in [0.4, 0.5) is 4.39 Å². The van der Waals surface area contributed by atoms with Crippen LogP contribution in [0, 0.1) is 0 Å². The predicted molar refractivity (Wildman–Crippen MR) is 80.3 cm³/mol. The standard InChI is InChI=1S/C17H25FO/c1-4-5-6-7-8-9-17(18)14(2)15-10-12-16(19-3)13-11-15/h10-13,17H,2,4-9H2,1,3H3. The lowest BCUT2D eigenvalue weighted by Gasteiger charge is -2.12. The number of halogens is 1. The fourth-order valence-electron chi connectivity index (χ4n) is 2.09. The van der Waals surface area contributed by atoms with Gasteiger partial charge in [-0.25, -0.2) is 4.39 Å². The fourth-order valence-corrected chi connectivity index (χ4v) is 2.09. The summed E-state index contributed by atoms with van der Waals surface area (Å²) in [4.78, 5) is 0. The quantitative estimate of drug-likeness (QED) is 0.542. The van der Waals surface area contributed by atoms with E-state index in [1.807, 2.05) is 24.3 Å². The van der Waals surface area contributed by atoms with Crippen molar-refractivity contribution < 1.29 is 9.13 Å². The van der Waals surface area contributed by atoms with Crippen molar-refractivity contribution in [3.05, 3.63) is 36.4 Å². The summed E-state index contributed by atoms with van der Waals surface area (Å²) in [6.45, 7) is 6.06. The number of hydrogen-bond acceptors (Lipinski definition) is 1. The molecule has 0 bridgehead atoms. The number of methoxy groups -OCH3 is 1. The lowest BCUT2D eigenvalue weighted by Crippen LogP contribution is -2.02. The lowest BCUT2D eigenvalue weighted by atomic mass is 9.98. The zero-order valence-corrected chi connectivity index (χ0v) is 12.1. The number of benzene rings is 1. The number of rotatable bonds is 9. The van der Waals surface area contributed by atoms with Crippen LogP contribution < -0.4 is 4.74 Å². The second-order valence-corrected chi connectivity index (χ2v) is 4.92. The summed E-state index contributed by atoms with van der Waals surface area (Å²) in [5, 5.41) is 0. The Morgan fingerprint density at radius 3 is 2.37 bits per heavy atom. The van der Waals surface area contributed by atoms with Crippen molar-refractivity contribution in [1.29, 1.82) is 0 Å². The molecule has 0 fully saturated rings. The molecule has 0 N–H and O–H groups in total. The smallest absolute Gasteiger partial charge is 0.125 e. The molecule has 0 saturated carbocycles. The van der Waals surface area contributed by atoms with Gasteiger partial charge in [-0.05, 0) is 29.7 Å². The van der Waals surface area contributed by atoms with Gasteiger partial charge in [0.25, 0.3) is 0 Å². The Morgan fingerprint density at radius 1 is 1.16 bits per heavy atom. The van der Waals surface area contributed by atoms with E-state index in [0.29, 0.717) is 12.0 Å². The van der Waals surface area contributed by atoms with E-state index in [9.17, 15) is 4.39 Å². The summed E-state index contributed by atoms with van der Waals surface area (Å²) < 4.78 is 19.1. The molecular weight excluding hydrogens is 239 g/mol. The molecule has 1 aromatic carbocycles. The van der Waals surface area contributed by atoms with Gasteiger partial charge < -0.3 is 4.74 Å². The van der Waals surface area contributed by atoms with Crippen molar-refractivity contribution in [3.63, 3.8) is 0 Å². The minimum atomic E-state index is -0.935. The van der Waals surface area contributed by atoms with Gasteiger partial charge in [-0.3, -0.25) is 0 Å². The van der Waals surface area contributed by atoms with E-state index >= 15 is 0 Å². The van der Waals surface area contributed by atoms with Crippen molar-refractivity contribution in [2.24, 2.45) is 0 Å². The minimum Gasteiger partial charge on any atom is -0.497 e. The normalized spacial score (nSPS) is 12.2. The van der Waals surface area contributed by atoms with E-state index in [-0.39, 0.29) is 0 Å². The van der Waals surface area contributed by atoms with Crippen LogP contribution in [-0.4, -0.2) is 13.3 Å². The van der Waals surface area contributed by atoms with Crippen LogP contribution in [0.5, 0.6) is 5.75 Å². The summed E-state index contributed by atoms with van der Waals surface area (Å²) in [5.41, 5.74) is 1.44. The van der Waals surface area contributed by atoms with Gasteiger partial charge in [0.2, 0.25) is 0 Å². The van der Waals surface area contributed by atoms with Crippen LogP contribution in [0.2, 0.25) is 0 Å². The minimum absolute atomic E-state index is 0.578. The summed E-state index contributed by atoms with van der Waals surface area (Å²) >= 11 is 0. The van der Waals surface area contributed by atoms with Crippen molar-refractivity contribution in [3.8, 4) is 5.75 Å². The maximum atomic E-state index is 14.0. The van der Waals surface area contributed by atoms with Crippen molar-refractivity contribution in [2.45, 2.75) is 51.6 Å². The Morgan fingerprint density at radius 2 is 1.79 bits per heavy atom. The second kappa shape index (κ2) is 8.73. The molecule has 0 aliphatic carbocycles. The first-order valence-electron chi connectivity index (χ1n) is 7.16. The number of ether oxygens (including phenoxy) is 1. The molecule has 0 aliphatic rings. The van der Waals surface area contributed by atoms with Gasteiger partial charge in [0.1, 0.15) is 11.9 Å². The van der Waals surface area contributed by atoms with E-state index in [1.165, 1.54) is 19.3 Å². The molecule has 0 aromatic heterocycles. The highest BCUT2D eigenvalue weighted by Gasteiger charge is 2.12. The second-order valence-electron chi connectivity index (χ2n) is 4.92. The first-order valence-corrected chi connectivity index (χ1v) is 7.16. The molecule has 106 valence electrons. The first kappa shape index (κ1) is 15.7. The highest BCUT2D eigenvalue weighted by atomic mass is 19.1. The molecule has 0 aliphatic heterocycles. The number of allylic oxidation sites excluding steroid dienone is 1. The van der Waals surface area contributed by atoms with E-state index in [1.54, 1.807) is 7.11 Å². The van der Waals surface area contributed by atoms with Crippen LogP contribution in [0.25, 0.3) is 5.57 Å². The van der Waals surface area contributed by atoms with Crippen LogP contribution in [-0.2, 0) is 0 Å². The Bertz CT molecular complexity index is 369. The largest absolute Gasteiger partial charge is 0.497 e. The molecule has 1 nitrogen and oxygen atoms in total. The third-order valence-corrected chi connectivity index (χ3v) is 3.40. The molecule has 1 atom stereocenters. The zero-order chi connectivity index (χ0) is 14.1. The predicted octanol–water partition coefficient (Wildman–Crippen LogP) is 5.41. The monoisotopic (exact) mass is 264 g/mol. The van der Waals surface area contributed by atoms with Gasteiger partial charge in [-0.15, -0.1) is 0 Å². The van der Waals surface area contributed by atoms with Crippen LogP contribution in [0.15, 0.2) is 30.8 Å². The molecule has 0 radical (unpaired) electrons. The van der Waals surface area contributed by atoms with E-state index in [4.69, 9.17) is 4.74 Å². The van der Waals surface area contributed by atoms with Gasteiger partial charge in [0.05, 0.1) is 7.11 Å². The summed E-state index contributed by atoms with van der Waals surface area (Å²) in [6, 6.07) is 7.42. The van der Waals surface area contributed by atoms with Gasteiger partial charge in [0.15, 0.2) is 0 Å². The summed E-state index contributed by atoms with van der Waals surface area (Å²) in [5.74, 6) is 0.784. The molecule has 1 aromatic rings. The maximum Gasteiger partial charge on any atom is 0.125 e. The first-order chi connectivity index (χ1) is 9.19. The summed E-state index contributed by atoms with van der Waals surface area (Å²) in [7, 11) is 1.62. The Labute approximate surface area is 116 Å². The van der Waals surface area contributed by atoms with Crippen LogP contribution in [0.1, 0.15) is 51.0 Å². The molecule has 1 rings (SSSR count). The number of hydrogen-bond donors (Lipinski definition) is 0. The topological polar surface area (TPSA) is 9.23 Å². The number of alkyl halides is 1. The van der Waals surface area contributed by atoms with Gasteiger partial charge >= 0.3 is 0 Å². The van der Waals surface area contributed by atoms with E-state index < -0.39 is 6.17 Å². The van der Waals surface area contributed by atoms with Gasteiger partial charge in [-0.1, -0.05) is 57.7 Å². The highest BCUT2D eigenvalue weighted by Crippen LogP contribution is 2.25. The maximum absolute atomic E-state index is 14.0. The van der Waals surface area contributed by atoms with Crippen LogP contribution in [0.3, 0.4) is 0 Å². The zero-order valence-electron chi connectivity index (χ0n) is 12.1. The molecule has 0 heterocycles. The Kier molecular flexibility index (Phi) is 7.24. The SMILES string of the molecule is C=C(c1ccc(OC)cc1)C(F)CCCCCCC. The third-order valence-electron chi connectivity index (χ3n) is 3.40. The lowest BCUT2D eigenvalue weighted by molar-refractivity contribution is 0.375. The Balaban J connectivity index is 2.38. The Hall–Kier alpha value is -1.31.